The summed E-state index contributed by atoms with van der Waals surface area (Å²) in [6.45, 7) is 9.08. The van der Waals surface area contributed by atoms with Crippen LogP contribution in [0, 0.1) is 5.92 Å². The molecule has 3 nitrogen and oxygen atoms in total. The van der Waals surface area contributed by atoms with Crippen LogP contribution >= 0.6 is 0 Å². The Morgan fingerprint density at radius 3 is 2.14 bits per heavy atom. The zero-order chi connectivity index (χ0) is 15.8. The van der Waals surface area contributed by atoms with Gasteiger partial charge in [0.15, 0.2) is 11.5 Å². The number of rotatable bonds is 9. The van der Waals surface area contributed by atoms with Crippen molar-refractivity contribution in [2.24, 2.45) is 5.92 Å². The molecule has 0 bridgehead atoms. The largest absolute Gasteiger partial charge is 0.493 e. The third-order valence-corrected chi connectivity index (χ3v) is 4.29. The van der Waals surface area contributed by atoms with Crippen molar-refractivity contribution in [3.63, 3.8) is 0 Å². The molecule has 0 amide bonds. The van der Waals surface area contributed by atoms with Crippen molar-refractivity contribution in [1.82, 2.24) is 5.32 Å². The Morgan fingerprint density at radius 1 is 1.00 bits per heavy atom. The quantitative estimate of drug-likeness (QED) is 0.745. The molecule has 0 radical (unpaired) electrons. The van der Waals surface area contributed by atoms with Crippen LogP contribution < -0.4 is 14.8 Å². The van der Waals surface area contributed by atoms with Gasteiger partial charge < -0.3 is 14.8 Å². The van der Waals surface area contributed by atoms with Crippen molar-refractivity contribution >= 4 is 0 Å². The molecule has 120 valence electrons. The van der Waals surface area contributed by atoms with Crippen molar-refractivity contribution in [3.05, 3.63) is 23.8 Å². The molecule has 0 aliphatic carbocycles. The summed E-state index contributed by atoms with van der Waals surface area (Å²) in [5.74, 6) is 2.33. The van der Waals surface area contributed by atoms with E-state index in [4.69, 9.17) is 9.47 Å². The van der Waals surface area contributed by atoms with Crippen LogP contribution in [0.2, 0.25) is 0 Å². The van der Waals surface area contributed by atoms with Gasteiger partial charge in [0.05, 0.1) is 14.2 Å². The van der Waals surface area contributed by atoms with Gasteiger partial charge in [0, 0.05) is 12.1 Å². The summed E-state index contributed by atoms with van der Waals surface area (Å²) in [7, 11) is 3.34. The molecule has 3 heteroatoms. The van der Waals surface area contributed by atoms with Crippen LogP contribution in [0.15, 0.2) is 18.2 Å². The molecule has 1 aromatic rings. The molecule has 0 fully saturated rings. The fraction of sp³-hybridized carbons (Fsp3) is 0.667. The molecule has 1 rings (SSSR count). The summed E-state index contributed by atoms with van der Waals surface area (Å²) in [5.41, 5.74) is 1.27. The molecule has 2 atom stereocenters. The van der Waals surface area contributed by atoms with E-state index in [1.807, 2.05) is 6.07 Å². The highest BCUT2D eigenvalue weighted by atomic mass is 16.5. The summed E-state index contributed by atoms with van der Waals surface area (Å²) in [6.07, 6.45) is 3.45. The van der Waals surface area contributed by atoms with E-state index in [-0.39, 0.29) is 0 Å². The second-order valence-corrected chi connectivity index (χ2v) is 5.83. The van der Waals surface area contributed by atoms with Crippen molar-refractivity contribution in [1.29, 1.82) is 0 Å². The van der Waals surface area contributed by atoms with Crippen LogP contribution in [0.4, 0.5) is 0 Å². The molecule has 21 heavy (non-hydrogen) atoms. The Hall–Kier alpha value is -1.22. The minimum Gasteiger partial charge on any atom is -0.493 e. The van der Waals surface area contributed by atoms with Crippen LogP contribution in [-0.2, 0) is 6.42 Å². The van der Waals surface area contributed by atoms with Crippen LogP contribution in [0.3, 0.4) is 0 Å². The minimum absolute atomic E-state index is 0.443. The lowest BCUT2D eigenvalue weighted by atomic mass is 9.94. The van der Waals surface area contributed by atoms with E-state index < -0.39 is 0 Å². The maximum Gasteiger partial charge on any atom is 0.160 e. The molecule has 0 saturated carbocycles. The van der Waals surface area contributed by atoms with E-state index in [2.05, 4.69) is 45.1 Å². The average Bonchev–Trinajstić information content (AvgIpc) is 2.48. The molecule has 0 spiro atoms. The molecule has 1 aromatic carbocycles. The molecule has 0 saturated heterocycles. The summed E-state index contributed by atoms with van der Waals surface area (Å²) in [4.78, 5) is 0. The predicted molar refractivity (Wildman–Crippen MR) is 89.4 cm³/mol. The van der Waals surface area contributed by atoms with Gasteiger partial charge in [-0.25, -0.2) is 0 Å². The first-order chi connectivity index (χ1) is 10.0. The van der Waals surface area contributed by atoms with Gasteiger partial charge in [-0.15, -0.1) is 0 Å². The van der Waals surface area contributed by atoms with Crippen LogP contribution in [0.1, 0.15) is 46.1 Å². The van der Waals surface area contributed by atoms with Crippen molar-refractivity contribution < 1.29 is 9.47 Å². The second-order valence-electron chi connectivity index (χ2n) is 5.83. The molecule has 0 aliphatic heterocycles. The Morgan fingerprint density at radius 2 is 1.62 bits per heavy atom. The van der Waals surface area contributed by atoms with Gasteiger partial charge in [0.2, 0.25) is 0 Å². The first kappa shape index (κ1) is 17.8. The Balaban J connectivity index is 2.64. The molecule has 0 aliphatic rings. The maximum atomic E-state index is 5.37. The lowest BCUT2D eigenvalue weighted by Gasteiger charge is -2.26. The monoisotopic (exact) mass is 293 g/mol. The van der Waals surface area contributed by atoms with Crippen molar-refractivity contribution in [2.45, 2.75) is 59.0 Å². The first-order valence-corrected chi connectivity index (χ1v) is 8.02. The van der Waals surface area contributed by atoms with Crippen LogP contribution in [-0.4, -0.2) is 26.3 Å². The third kappa shape index (κ3) is 5.24. The summed E-state index contributed by atoms with van der Waals surface area (Å²) >= 11 is 0. The zero-order valence-electron chi connectivity index (χ0n) is 14.4. The molecular weight excluding hydrogens is 262 g/mol. The fourth-order valence-corrected chi connectivity index (χ4v) is 3.00. The summed E-state index contributed by atoms with van der Waals surface area (Å²) in [5, 5.41) is 3.72. The molecule has 2 unspecified atom stereocenters. The third-order valence-electron chi connectivity index (χ3n) is 4.29. The van der Waals surface area contributed by atoms with E-state index >= 15 is 0 Å². The van der Waals surface area contributed by atoms with E-state index in [1.54, 1.807) is 14.2 Å². The summed E-state index contributed by atoms with van der Waals surface area (Å²) in [6, 6.07) is 7.15. The van der Waals surface area contributed by atoms with E-state index in [0.29, 0.717) is 12.1 Å². The summed E-state index contributed by atoms with van der Waals surface area (Å²) < 4.78 is 10.6. The van der Waals surface area contributed by atoms with E-state index in [9.17, 15) is 0 Å². The smallest absolute Gasteiger partial charge is 0.160 e. The molecule has 1 N–H and O–H groups in total. The van der Waals surface area contributed by atoms with Crippen LogP contribution in [0.5, 0.6) is 11.5 Å². The SMILES string of the molecule is CCC(CC)C(C)NC(C)Cc1ccc(OC)c(OC)c1. The standard InChI is InChI=1S/C18H31NO2/c1-7-16(8-2)14(4)19-13(3)11-15-9-10-17(20-5)18(12-15)21-6/h9-10,12-14,16,19H,7-8,11H2,1-6H3. The Bertz CT molecular complexity index is 416. The topological polar surface area (TPSA) is 30.5 Å². The highest BCUT2D eigenvalue weighted by molar-refractivity contribution is 5.43. The van der Waals surface area contributed by atoms with Crippen LogP contribution in [0.25, 0.3) is 0 Å². The number of nitrogens with one attached hydrogen (secondary N) is 1. The van der Waals surface area contributed by atoms with Gasteiger partial charge in [-0.3, -0.25) is 0 Å². The van der Waals surface area contributed by atoms with E-state index in [1.165, 1.54) is 18.4 Å². The molecule has 0 aromatic heterocycles. The molecular formula is C18H31NO2. The number of hydrogen-bond donors (Lipinski definition) is 1. The first-order valence-electron chi connectivity index (χ1n) is 8.02. The normalized spacial score (nSPS) is 14.0. The number of methoxy groups -OCH3 is 2. The molecule has 0 heterocycles. The highest BCUT2D eigenvalue weighted by Gasteiger charge is 2.16. The second kappa shape index (κ2) is 8.93. The Kier molecular flexibility index (Phi) is 7.58. The predicted octanol–water partition coefficient (Wildman–Crippen LogP) is 4.05. The van der Waals surface area contributed by atoms with Crippen molar-refractivity contribution in [3.8, 4) is 11.5 Å². The van der Waals surface area contributed by atoms with Gasteiger partial charge >= 0.3 is 0 Å². The average molecular weight is 293 g/mol. The zero-order valence-corrected chi connectivity index (χ0v) is 14.4. The lowest BCUT2D eigenvalue weighted by Crippen LogP contribution is -2.40. The minimum atomic E-state index is 0.443. The highest BCUT2D eigenvalue weighted by Crippen LogP contribution is 2.28. The Labute approximate surface area is 130 Å². The number of ether oxygens (including phenoxy) is 2. The van der Waals surface area contributed by atoms with Gasteiger partial charge in [-0.1, -0.05) is 32.8 Å². The van der Waals surface area contributed by atoms with E-state index in [0.717, 1.165) is 23.8 Å². The van der Waals surface area contributed by atoms with Gasteiger partial charge in [0.1, 0.15) is 0 Å². The van der Waals surface area contributed by atoms with Gasteiger partial charge in [-0.05, 0) is 43.9 Å². The maximum absolute atomic E-state index is 5.37. The van der Waals surface area contributed by atoms with Gasteiger partial charge in [-0.2, -0.15) is 0 Å². The van der Waals surface area contributed by atoms with Crippen molar-refractivity contribution in [2.75, 3.05) is 14.2 Å². The fourth-order valence-electron chi connectivity index (χ4n) is 3.00. The van der Waals surface area contributed by atoms with Gasteiger partial charge in [0.25, 0.3) is 0 Å². The number of hydrogen-bond acceptors (Lipinski definition) is 3. The number of benzene rings is 1. The lowest BCUT2D eigenvalue weighted by molar-refractivity contribution is 0.326.